The summed E-state index contributed by atoms with van der Waals surface area (Å²) >= 11 is 0. The molecular formula is C18H21N3O3. The van der Waals surface area contributed by atoms with Crippen molar-refractivity contribution in [3.63, 3.8) is 0 Å². The number of H-pyrrole nitrogens is 1. The van der Waals surface area contributed by atoms with Gasteiger partial charge >= 0.3 is 0 Å². The molecule has 1 fully saturated rings. The Morgan fingerprint density at radius 1 is 1.38 bits per heavy atom. The quantitative estimate of drug-likeness (QED) is 0.854. The molecule has 1 aromatic heterocycles. The van der Waals surface area contributed by atoms with Gasteiger partial charge in [0.2, 0.25) is 0 Å². The van der Waals surface area contributed by atoms with E-state index in [0.29, 0.717) is 29.7 Å². The molecule has 0 radical (unpaired) electrons. The fraction of sp³-hybridized carbons (Fsp3) is 0.389. The summed E-state index contributed by atoms with van der Waals surface area (Å²) in [6.07, 6.45) is 1.93. The number of nitrogens with one attached hydrogen (secondary N) is 2. The first-order valence-corrected chi connectivity index (χ1v) is 8.12. The average Bonchev–Trinajstić information content (AvgIpc) is 3.36. The molecule has 1 heterocycles. The zero-order valence-corrected chi connectivity index (χ0v) is 13.8. The van der Waals surface area contributed by atoms with Crippen LogP contribution in [0.3, 0.4) is 0 Å². The number of amides is 1. The largest absolute Gasteiger partial charge is 0.368 e. The highest BCUT2D eigenvalue weighted by Crippen LogP contribution is 2.29. The number of rotatable bonds is 6. The monoisotopic (exact) mass is 327 g/mol. The Hall–Kier alpha value is -2.47. The second-order valence-corrected chi connectivity index (χ2v) is 6.22. The lowest BCUT2D eigenvalue weighted by Crippen LogP contribution is -2.28. The number of aromatic amines is 1. The van der Waals surface area contributed by atoms with Gasteiger partial charge in [-0.15, -0.1) is 0 Å². The lowest BCUT2D eigenvalue weighted by Gasteiger charge is -2.13. The number of aryl methyl sites for hydroxylation is 1. The SMILES string of the molecule is Cc1cc(=O)[nH]c(-c2ccc(NC(=O)[C@H](C)OCC3CC3)cc2)n1. The molecule has 2 N–H and O–H groups in total. The maximum atomic E-state index is 12.1. The van der Waals surface area contributed by atoms with Gasteiger partial charge < -0.3 is 15.0 Å². The molecule has 24 heavy (non-hydrogen) atoms. The minimum absolute atomic E-state index is 0.162. The Balaban J connectivity index is 1.63. The molecule has 0 unspecified atom stereocenters. The highest BCUT2D eigenvalue weighted by molar-refractivity contribution is 5.94. The van der Waals surface area contributed by atoms with Gasteiger partial charge in [0.25, 0.3) is 11.5 Å². The van der Waals surface area contributed by atoms with E-state index in [0.717, 1.165) is 5.56 Å². The molecule has 0 saturated heterocycles. The van der Waals surface area contributed by atoms with E-state index in [1.807, 2.05) is 12.1 Å². The van der Waals surface area contributed by atoms with Crippen LogP contribution in [0.4, 0.5) is 5.69 Å². The van der Waals surface area contributed by atoms with Crippen molar-refractivity contribution in [3.8, 4) is 11.4 Å². The second-order valence-electron chi connectivity index (χ2n) is 6.22. The molecule has 3 rings (SSSR count). The van der Waals surface area contributed by atoms with E-state index in [-0.39, 0.29) is 11.5 Å². The molecule has 1 saturated carbocycles. The highest BCUT2D eigenvalue weighted by Gasteiger charge is 2.24. The van der Waals surface area contributed by atoms with Crippen LogP contribution in [0, 0.1) is 12.8 Å². The van der Waals surface area contributed by atoms with Crippen molar-refractivity contribution < 1.29 is 9.53 Å². The maximum absolute atomic E-state index is 12.1. The number of carbonyl (C=O) groups excluding carboxylic acids is 1. The van der Waals surface area contributed by atoms with E-state index in [1.165, 1.54) is 18.9 Å². The summed E-state index contributed by atoms with van der Waals surface area (Å²) in [6.45, 7) is 4.18. The number of carbonyl (C=O) groups is 1. The summed E-state index contributed by atoms with van der Waals surface area (Å²) in [4.78, 5) is 30.6. The fourth-order valence-corrected chi connectivity index (χ4v) is 2.31. The second kappa shape index (κ2) is 6.97. The van der Waals surface area contributed by atoms with Gasteiger partial charge in [0.15, 0.2) is 0 Å². The van der Waals surface area contributed by atoms with Gasteiger partial charge in [0.1, 0.15) is 11.9 Å². The molecule has 1 amide bonds. The van der Waals surface area contributed by atoms with Gasteiger partial charge in [-0.2, -0.15) is 0 Å². The van der Waals surface area contributed by atoms with Crippen LogP contribution in [-0.4, -0.2) is 28.6 Å². The summed E-state index contributed by atoms with van der Waals surface area (Å²) in [5, 5.41) is 2.83. The first kappa shape index (κ1) is 16.4. The topological polar surface area (TPSA) is 84.1 Å². The predicted octanol–water partition coefficient (Wildman–Crippen LogP) is 2.50. The van der Waals surface area contributed by atoms with Crippen molar-refractivity contribution in [2.24, 2.45) is 5.92 Å². The zero-order chi connectivity index (χ0) is 17.1. The summed E-state index contributed by atoms with van der Waals surface area (Å²) in [5.74, 6) is 0.980. The van der Waals surface area contributed by atoms with E-state index in [2.05, 4.69) is 15.3 Å². The molecule has 1 atom stereocenters. The maximum Gasteiger partial charge on any atom is 0.253 e. The lowest BCUT2D eigenvalue weighted by atomic mass is 10.2. The standard InChI is InChI=1S/C18H21N3O3/c1-11-9-16(22)21-17(19-11)14-5-7-15(8-6-14)20-18(23)12(2)24-10-13-3-4-13/h5-9,12-13H,3-4,10H2,1-2H3,(H,20,23)(H,19,21,22)/t12-/m0/s1. The van der Waals surface area contributed by atoms with Crippen LogP contribution < -0.4 is 10.9 Å². The molecule has 0 aliphatic heterocycles. The molecular weight excluding hydrogens is 306 g/mol. The predicted molar refractivity (Wildman–Crippen MR) is 91.8 cm³/mol. The number of ether oxygens (including phenoxy) is 1. The third-order valence-corrected chi connectivity index (χ3v) is 3.94. The van der Waals surface area contributed by atoms with E-state index >= 15 is 0 Å². The normalized spacial score (nSPS) is 15.1. The van der Waals surface area contributed by atoms with Gasteiger partial charge in [-0.05, 0) is 56.9 Å². The van der Waals surface area contributed by atoms with Gasteiger partial charge in [-0.3, -0.25) is 9.59 Å². The molecule has 0 bridgehead atoms. The Labute approximate surface area is 140 Å². The van der Waals surface area contributed by atoms with Crippen LogP contribution in [0.2, 0.25) is 0 Å². The molecule has 1 aliphatic rings. The molecule has 0 spiro atoms. The van der Waals surface area contributed by atoms with Crippen LogP contribution in [-0.2, 0) is 9.53 Å². The summed E-state index contributed by atoms with van der Waals surface area (Å²) in [5.41, 5.74) is 1.94. The van der Waals surface area contributed by atoms with Crippen molar-refractivity contribution in [1.82, 2.24) is 9.97 Å². The summed E-state index contributed by atoms with van der Waals surface area (Å²) in [7, 11) is 0. The van der Waals surface area contributed by atoms with Crippen molar-refractivity contribution in [2.45, 2.75) is 32.8 Å². The van der Waals surface area contributed by atoms with E-state index < -0.39 is 6.10 Å². The highest BCUT2D eigenvalue weighted by atomic mass is 16.5. The number of nitrogens with zero attached hydrogens (tertiary/aromatic N) is 1. The zero-order valence-electron chi connectivity index (χ0n) is 13.8. The van der Waals surface area contributed by atoms with Gasteiger partial charge in [0, 0.05) is 23.0 Å². The summed E-state index contributed by atoms with van der Waals surface area (Å²) < 4.78 is 5.56. The number of hydrogen-bond acceptors (Lipinski definition) is 4. The number of hydrogen-bond donors (Lipinski definition) is 2. The van der Waals surface area contributed by atoms with Crippen molar-refractivity contribution in [1.29, 1.82) is 0 Å². The first-order valence-electron chi connectivity index (χ1n) is 8.12. The smallest absolute Gasteiger partial charge is 0.253 e. The average molecular weight is 327 g/mol. The van der Waals surface area contributed by atoms with Crippen LogP contribution in [0.25, 0.3) is 11.4 Å². The molecule has 2 aromatic rings. The Morgan fingerprint density at radius 3 is 2.71 bits per heavy atom. The van der Waals surface area contributed by atoms with E-state index in [9.17, 15) is 9.59 Å². The lowest BCUT2D eigenvalue weighted by molar-refractivity contribution is -0.126. The number of anilines is 1. The van der Waals surface area contributed by atoms with E-state index in [4.69, 9.17) is 4.74 Å². The number of aromatic nitrogens is 2. The van der Waals surface area contributed by atoms with Gasteiger partial charge in [-0.25, -0.2) is 4.98 Å². The van der Waals surface area contributed by atoms with Crippen LogP contribution in [0.5, 0.6) is 0 Å². The summed E-state index contributed by atoms with van der Waals surface area (Å²) in [6, 6.07) is 8.62. The van der Waals surface area contributed by atoms with Gasteiger partial charge in [-0.1, -0.05) is 0 Å². The van der Waals surface area contributed by atoms with Crippen molar-refractivity contribution in [3.05, 3.63) is 46.4 Å². The van der Waals surface area contributed by atoms with Crippen LogP contribution >= 0.6 is 0 Å². The molecule has 6 nitrogen and oxygen atoms in total. The van der Waals surface area contributed by atoms with Crippen molar-refractivity contribution in [2.75, 3.05) is 11.9 Å². The minimum atomic E-state index is -0.472. The first-order chi connectivity index (χ1) is 11.5. The van der Waals surface area contributed by atoms with E-state index in [1.54, 1.807) is 26.0 Å². The molecule has 126 valence electrons. The molecule has 1 aliphatic carbocycles. The minimum Gasteiger partial charge on any atom is -0.368 e. The Morgan fingerprint density at radius 2 is 2.08 bits per heavy atom. The fourth-order valence-electron chi connectivity index (χ4n) is 2.31. The van der Waals surface area contributed by atoms with Gasteiger partial charge in [0.05, 0.1) is 6.61 Å². The molecule has 1 aromatic carbocycles. The number of benzene rings is 1. The van der Waals surface area contributed by atoms with Crippen molar-refractivity contribution >= 4 is 11.6 Å². The third kappa shape index (κ3) is 4.29. The third-order valence-electron chi connectivity index (χ3n) is 3.94. The van der Waals surface area contributed by atoms with Crippen LogP contribution in [0.15, 0.2) is 35.1 Å². The van der Waals surface area contributed by atoms with Crippen LogP contribution in [0.1, 0.15) is 25.5 Å². The molecule has 6 heteroatoms. The Bertz CT molecular complexity index is 779. The Kier molecular flexibility index (Phi) is 4.76.